The topological polar surface area (TPSA) is 186 Å². The van der Waals surface area contributed by atoms with Crippen molar-refractivity contribution in [1.82, 2.24) is 5.32 Å². The Bertz CT molecular complexity index is 916. The van der Waals surface area contributed by atoms with Crippen molar-refractivity contribution in [3.8, 4) is 5.75 Å². The van der Waals surface area contributed by atoms with Crippen molar-refractivity contribution in [2.75, 3.05) is 0 Å². The Labute approximate surface area is 166 Å². The molecule has 152 valence electrons. The van der Waals surface area contributed by atoms with Crippen molar-refractivity contribution in [2.45, 2.75) is 18.9 Å². The predicted octanol–water partition coefficient (Wildman–Crippen LogP) is -0.533. The molecular formula is C18H20BN3O7. The van der Waals surface area contributed by atoms with Crippen LogP contribution >= 0.6 is 0 Å². The van der Waals surface area contributed by atoms with Gasteiger partial charge in [0.25, 0.3) is 5.91 Å². The minimum atomic E-state index is -2.04. The smallest absolute Gasteiger partial charge is 0.475 e. The van der Waals surface area contributed by atoms with Crippen LogP contribution in [0.2, 0.25) is 0 Å². The van der Waals surface area contributed by atoms with Gasteiger partial charge in [0.2, 0.25) is 0 Å². The molecule has 0 aliphatic carbocycles. The lowest BCUT2D eigenvalue weighted by Crippen LogP contribution is -2.50. The maximum atomic E-state index is 12.5. The minimum Gasteiger partial charge on any atom is -0.507 e. The zero-order chi connectivity index (χ0) is 21.6. The van der Waals surface area contributed by atoms with Crippen molar-refractivity contribution >= 4 is 24.7 Å². The molecule has 29 heavy (non-hydrogen) atoms. The van der Waals surface area contributed by atoms with Gasteiger partial charge in [-0.05, 0) is 23.6 Å². The summed E-state index contributed by atoms with van der Waals surface area (Å²) in [5, 5.41) is 52.9. The molecule has 0 fully saturated rings. The number of nitrogens with zero attached hydrogens (tertiary/aromatic N) is 1. The highest BCUT2D eigenvalue weighted by molar-refractivity contribution is 6.48. The molecule has 2 rings (SSSR count). The molecular weight excluding hydrogens is 381 g/mol. The number of rotatable bonds is 8. The Morgan fingerprint density at radius 3 is 2.31 bits per heavy atom. The minimum absolute atomic E-state index is 0.0816. The van der Waals surface area contributed by atoms with Crippen LogP contribution in [-0.4, -0.2) is 56.1 Å². The van der Waals surface area contributed by atoms with E-state index in [1.807, 2.05) is 0 Å². The first kappa shape index (κ1) is 21.9. The number of oxime groups is 1. The number of nitrogens with two attached hydrogens (primary N) is 1. The van der Waals surface area contributed by atoms with Crippen LogP contribution in [0, 0.1) is 0 Å². The van der Waals surface area contributed by atoms with Gasteiger partial charge in [0, 0.05) is 12.1 Å². The number of aromatic carboxylic acids is 1. The van der Waals surface area contributed by atoms with Gasteiger partial charge < -0.3 is 36.5 Å². The van der Waals surface area contributed by atoms with Crippen LogP contribution in [0.5, 0.6) is 5.75 Å². The fraction of sp³-hybridized carbons (Fsp3) is 0.167. The summed E-state index contributed by atoms with van der Waals surface area (Å²) in [4.78, 5) is 23.6. The fourth-order valence-electron chi connectivity index (χ4n) is 2.67. The molecule has 0 aromatic heterocycles. The van der Waals surface area contributed by atoms with E-state index in [1.54, 1.807) is 12.1 Å². The van der Waals surface area contributed by atoms with Crippen LogP contribution in [0.15, 0.2) is 47.6 Å². The van der Waals surface area contributed by atoms with Gasteiger partial charge >= 0.3 is 13.1 Å². The lowest BCUT2D eigenvalue weighted by atomic mass is 9.75. The van der Waals surface area contributed by atoms with Crippen molar-refractivity contribution < 1.29 is 35.1 Å². The first-order valence-electron chi connectivity index (χ1n) is 8.51. The van der Waals surface area contributed by atoms with Gasteiger partial charge in [0.15, 0.2) is 5.71 Å². The van der Waals surface area contributed by atoms with E-state index in [1.165, 1.54) is 30.3 Å². The fourth-order valence-corrected chi connectivity index (χ4v) is 2.67. The number of nitrogens with one attached hydrogen (secondary N) is 1. The standard InChI is InChI=1S/C18H20BN3O7/c20-9-10-4-6-11(7-5-10)15(22-29)17(24)21-14(19(27)28)8-12-2-1-3-13(16(12)23)18(25)26/h1-7,14,23,27-29H,8-9,20H2,(H,21,24)(H,25,26). The molecule has 1 unspecified atom stereocenters. The zero-order valence-electron chi connectivity index (χ0n) is 15.2. The number of carboxylic acid groups (broad SMARTS) is 1. The van der Waals surface area contributed by atoms with E-state index in [0.717, 1.165) is 5.56 Å². The number of carbonyl (C=O) groups is 2. The predicted molar refractivity (Wildman–Crippen MR) is 104 cm³/mol. The molecule has 8 N–H and O–H groups in total. The van der Waals surface area contributed by atoms with Gasteiger partial charge in [-0.25, -0.2) is 4.79 Å². The molecule has 1 atom stereocenters. The Morgan fingerprint density at radius 2 is 1.79 bits per heavy atom. The monoisotopic (exact) mass is 401 g/mol. The number of benzene rings is 2. The normalized spacial score (nSPS) is 12.3. The first-order valence-corrected chi connectivity index (χ1v) is 8.51. The first-order chi connectivity index (χ1) is 13.8. The van der Waals surface area contributed by atoms with E-state index < -0.39 is 30.7 Å². The van der Waals surface area contributed by atoms with Crippen molar-refractivity contribution in [2.24, 2.45) is 10.9 Å². The summed E-state index contributed by atoms with van der Waals surface area (Å²) in [6, 6.07) is 10.3. The molecule has 10 nitrogen and oxygen atoms in total. The molecule has 0 bridgehead atoms. The van der Waals surface area contributed by atoms with E-state index >= 15 is 0 Å². The molecule has 0 radical (unpaired) electrons. The van der Waals surface area contributed by atoms with Crippen molar-refractivity contribution in [3.05, 3.63) is 64.7 Å². The summed E-state index contributed by atoms with van der Waals surface area (Å²) in [5.74, 6) is -4.13. The largest absolute Gasteiger partial charge is 0.507 e. The van der Waals surface area contributed by atoms with Gasteiger partial charge in [-0.1, -0.05) is 41.6 Å². The van der Waals surface area contributed by atoms with E-state index in [-0.39, 0.29) is 35.4 Å². The molecule has 0 heterocycles. The summed E-state index contributed by atoms with van der Waals surface area (Å²) in [5.41, 5.74) is 5.92. The Hall–Kier alpha value is -3.41. The second-order valence-electron chi connectivity index (χ2n) is 6.17. The lowest BCUT2D eigenvalue weighted by Gasteiger charge is -2.19. The molecule has 0 spiro atoms. The summed E-state index contributed by atoms with van der Waals surface area (Å²) in [7, 11) is -2.04. The van der Waals surface area contributed by atoms with Gasteiger partial charge in [0.1, 0.15) is 11.3 Å². The molecule has 0 aliphatic rings. The number of hydrogen-bond donors (Lipinski definition) is 7. The average molecular weight is 401 g/mol. The third-order valence-corrected chi connectivity index (χ3v) is 4.24. The van der Waals surface area contributed by atoms with Gasteiger partial charge in [-0.3, -0.25) is 4.79 Å². The lowest BCUT2D eigenvalue weighted by molar-refractivity contribution is -0.115. The highest BCUT2D eigenvalue weighted by Crippen LogP contribution is 2.24. The number of hydrogen-bond acceptors (Lipinski definition) is 8. The van der Waals surface area contributed by atoms with Crippen LogP contribution < -0.4 is 11.1 Å². The highest BCUT2D eigenvalue weighted by Gasteiger charge is 2.29. The summed E-state index contributed by atoms with van der Waals surface area (Å²) in [6.07, 6.45) is -0.290. The number of aromatic hydroxyl groups is 1. The van der Waals surface area contributed by atoms with E-state index in [0.29, 0.717) is 0 Å². The maximum absolute atomic E-state index is 12.5. The molecule has 1 amide bonds. The molecule has 0 aliphatic heterocycles. The van der Waals surface area contributed by atoms with Gasteiger partial charge in [-0.2, -0.15) is 0 Å². The Morgan fingerprint density at radius 1 is 1.14 bits per heavy atom. The maximum Gasteiger partial charge on any atom is 0.475 e. The molecule has 2 aromatic carbocycles. The van der Waals surface area contributed by atoms with Gasteiger partial charge in [-0.15, -0.1) is 0 Å². The summed E-state index contributed by atoms with van der Waals surface area (Å²) >= 11 is 0. The second kappa shape index (κ2) is 9.69. The van der Waals surface area contributed by atoms with Crippen LogP contribution in [0.3, 0.4) is 0 Å². The number of carboxylic acids is 1. The Balaban J connectivity index is 2.22. The molecule has 11 heteroatoms. The number of carbonyl (C=O) groups excluding carboxylic acids is 1. The number of para-hydroxylation sites is 1. The van der Waals surface area contributed by atoms with Crippen molar-refractivity contribution in [1.29, 1.82) is 0 Å². The molecule has 2 aromatic rings. The number of phenols is 1. The van der Waals surface area contributed by atoms with E-state index in [2.05, 4.69) is 10.5 Å². The van der Waals surface area contributed by atoms with Crippen LogP contribution in [-0.2, 0) is 17.8 Å². The van der Waals surface area contributed by atoms with Crippen molar-refractivity contribution in [3.63, 3.8) is 0 Å². The van der Waals surface area contributed by atoms with Gasteiger partial charge in [0.05, 0.1) is 5.94 Å². The molecule has 0 saturated carbocycles. The van der Waals surface area contributed by atoms with E-state index in [9.17, 15) is 30.0 Å². The average Bonchev–Trinajstić information content (AvgIpc) is 2.69. The van der Waals surface area contributed by atoms with Crippen LogP contribution in [0.25, 0.3) is 0 Å². The number of amides is 1. The third-order valence-electron chi connectivity index (χ3n) is 4.24. The quantitative estimate of drug-likeness (QED) is 0.133. The zero-order valence-corrected chi connectivity index (χ0v) is 15.2. The van der Waals surface area contributed by atoms with E-state index in [4.69, 9.17) is 10.8 Å². The van der Waals surface area contributed by atoms with Crippen LogP contribution in [0.4, 0.5) is 0 Å². The Kier molecular flexibility index (Phi) is 7.31. The summed E-state index contributed by atoms with van der Waals surface area (Å²) < 4.78 is 0. The third kappa shape index (κ3) is 5.32. The molecule has 0 saturated heterocycles. The summed E-state index contributed by atoms with van der Waals surface area (Å²) in [6.45, 7) is 0.287. The SMILES string of the molecule is NCc1ccc(C(=NO)C(=O)NC(Cc2cccc(C(=O)O)c2O)B(O)O)cc1. The second-order valence-corrected chi connectivity index (χ2v) is 6.17. The highest BCUT2D eigenvalue weighted by atomic mass is 16.4. The van der Waals surface area contributed by atoms with Crippen LogP contribution in [0.1, 0.15) is 27.0 Å².